The standard InChI is InChI=1S/C13H18/c1-3-4-5-6-8-12(2)11-13-9-7-10-13/h4,6,8,11H,3,7,9-10H2,1-2H3. The Morgan fingerprint density at radius 2 is 2.23 bits per heavy atom. The minimum atomic E-state index is 1.06. The summed E-state index contributed by atoms with van der Waals surface area (Å²) in [6.45, 7) is 4.27. The van der Waals surface area contributed by atoms with Gasteiger partial charge in [0.25, 0.3) is 0 Å². The molecular weight excluding hydrogens is 156 g/mol. The van der Waals surface area contributed by atoms with E-state index in [1.807, 2.05) is 12.2 Å². The third-order valence-electron chi connectivity index (χ3n) is 2.19. The highest BCUT2D eigenvalue weighted by atomic mass is 14.1. The largest absolute Gasteiger partial charge is 0.125 e. The van der Waals surface area contributed by atoms with Crippen molar-refractivity contribution in [2.75, 3.05) is 0 Å². The molecule has 1 rings (SSSR count). The summed E-state index contributed by atoms with van der Waals surface area (Å²) in [5.74, 6) is 0. The molecule has 0 aliphatic heterocycles. The van der Waals surface area contributed by atoms with Gasteiger partial charge in [0.05, 0.1) is 0 Å². The van der Waals surface area contributed by atoms with Gasteiger partial charge in [0.15, 0.2) is 0 Å². The van der Waals surface area contributed by atoms with Crippen LogP contribution >= 0.6 is 0 Å². The Hall–Kier alpha value is -1.00. The molecule has 0 saturated heterocycles. The van der Waals surface area contributed by atoms with Crippen LogP contribution in [0.5, 0.6) is 0 Å². The maximum absolute atomic E-state index is 3.12. The number of rotatable bonds is 3. The van der Waals surface area contributed by atoms with Crippen LogP contribution in [0.1, 0.15) is 39.5 Å². The predicted molar refractivity (Wildman–Crippen MR) is 58.6 cm³/mol. The first-order chi connectivity index (χ1) is 6.33. The molecule has 0 spiro atoms. The van der Waals surface area contributed by atoms with Crippen LogP contribution in [0.15, 0.2) is 41.2 Å². The van der Waals surface area contributed by atoms with Gasteiger partial charge in [0.2, 0.25) is 0 Å². The Morgan fingerprint density at radius 3 is 2.77 bits per heavy atom. The van der Waals surface area contributed by atoms with Crippen molar-refractivity contribution in [3.63, 3.8) is 0 Å². The summed E-state index contributed by atoms with van der Waals surface area (Å²) in [5, 5.41) is 0. The molecule has 0 N–H and O–H groups in total. The second-order valence-electron chi connectivity index (χ2n) is 3.51. The van der Waals surface area contributed by atoms with E-state index in [0.29, 0.717) is 0 Å². The Labute approximate surface area is 81.4 Å². The average molecular weight is 174 g/mol. The molecule has 0 heterocycles. The highest BCUT2D eigenvalue weighted by molar-refractivity contribution is 5.27. The van der Waals surface area contributed by atoms with Crippen molar-refractivity contribution in [2.45, 2.75) is 39.5 Å². The molecule has 0 bridgehead atoms. The van der Waals surface area contributed by atoms with Gasteiger partial charge in [-0.05, 0) is 44.8 Å². The zero-order valence-corrected chi connectivity index (χ0v) is 8.64. The summed E-state index contributed by atoms with van der Waals surface area (Å²) in [5.41, 5.74) is 6.06. The van der Waals surface area contributed by atoms with Crippen molar-refractivity contribution >= 4 is 0 Å². The SMILES string of the molecule is CCC=C=CC=C(C)C=C1CCC1. The zero-order chi connectivity index (χ0) is 9.52. The lowest BCUT2D eigenvalue weighted by atomic mass is 9.91. The van der Waals surface area contributed by atoms with E-state index in [2.05, 4.69) is 31.7 Å². The Morgan fingerprint density at radius 1 is 1.46 bits per heavy atom. The topological polar surface area (TPSA) is 0 Å². The molecule has 0 unspecified atom stereocenters. The molecular formula is C13H18. The van der Waals surface area contributed by atoms with Gasteiger partial charge in [-0.15, -0.1) is 5.73 Å². The summed E-state index contributed by atoms with van der Waals surface area (Å²) < 4.78 is 0. The minimum Gasteiger partial charge on any atom is -0.125 e. The first-order valence-electron chi connectivity index (χ1n) is 5.10. The predicted octanol–water partition coefficient (Wildman–Crippen LogP) is 4.16. The van der Waals surface area contributed by atoms with E-state index in [1.54, 1.807) is 5.57 Å². The Kier molecular flexibility index (Phi) is 4.35. The van der Waals surface area contributed by atoms with Crippen LogP contribution in [0.25, 0.3) is 0 Å². The average Bonchev–Trinajstić information content (AvgIpc) is 2.06. The molecule has 0 atom stereocenters. The molecule has 1 saturated carbocycles. The number of hydrogen-bond donors (Lipinski definition) is 0. The van der Waals surface area contributed by atoms with Gasteiger partial charge in [-0.1, -0.05) is 30.2 Å². The quantitative estimate of drug-likeness (QED) is 0.445. The van der Waals surface area contributed by atoms with E-state index in [1.165, 1.54) is 24.8 Å². The highest BCUT2D eigenvalue weighted by Crippen LogP contribution is 2.26. The van der Waals surface area contributed by atoms with Crippen molar-refractivity contribution < 1.29 is 0 Å². The van der Waals surface area contributed by atoms with Crippen LogP contribution in [0, 0.1) is 0 Å². The Bertz CT molecular complexity index is 264. The molecule has 0 aromatic rings. The number of hydrogen-bond acceptors (Lipinski definition) is 0. The van der Waals surface area contributed by atoms with Crippen LogP contribution in [0.4, 0.5) is 0 Å². The summed E-state index contributed by atoms with van der Waals surface area (Å²) in [7, 11) is 0. The summed E-state index contributed by atoms with van der Waals surface area (Å²) in [6, 6.07) is 0. The Balaban J connectivity index is 2.46. The lowest BCUT2D eigenvalue weighted by Gasteiger charge is -2.15. The second kappa shape index (κ2) is 5.61. The fourth-order valence-electron chi connectivity index (χ4n) is 1.26. The van der Waals surface area contributed by atoms with Crippen molar-refractivity contribution in [3.8, 4) is 0 Å². The first-order valence-corrected chi connectivity index (χ1v) is 5.10. The van der Waals surface area contributed by atoms with Gasteiger partial charge in [-0.3, -0.25) is 0 Å². The minimum absolute atomic E-state index is 1.06. The van der Waals surface area contributed by atoms with Gasteiger partial charge in [0.1, 0.15) is 0 Å². The van der Waals surface area contributed by atoms with Crippen LogP contribution in [-0.2, 0) is 0 Å². The molecule has 1 aliphatic rings. The van der Waals surface area contributed by atoms with E-state index in [0.717, 1.165) is 6.42 Å². The zero-order valence-electron chi connectivity index (χ0n) is 8.64. The van der Waals surface area contributed by atoms with E-state index in [-0.39, 0.29) is 0 Å². The summed E-state index contributed by atoms with van der Waals surface area (Å²) >= 11 is 0. The molecule has 0 aromatic heterocycles. The van der Waals surface area contributed by atoms with Crippen LogP contribution in [0.2, 0.25) is 0 Å². The van der Waals surface area contributed by atoms with Crippen LogP contribution in [-0.4, -0.2) is 0 Å². The highest BCUT2D eigenvalue weighted by Gasteiger charge is 2.06. The molecule has 0 aromatic carbocycles. The van der Waals surface area contributed by atoms with Gasteiger partial charge in [-0.25, -0.2) is 0 Å². The van der Waals surface area contributed by atoms with Crippen molar-refractivity contribution in [1.29, 1.82) is 0 Å². The molecule has 0 heteroatoms. The molecule has 0 radical (unpaired) electrons. The van der Waals surface area contributed by atoms with Gasteiger partial charge in [0, 0.05) is 0 Å². The number of allylic oxidation sites excluding steroid dienone is 5. The normalized spacial score (nSPS) is 15.8. The lowest BCUT2D eigenvalue weighted by Crippen LogP contribution is -1.96. The molecule has 1 aliphatic carbocycles. The lowest BCUT2D eigenvalue weighted by molar-refractivity contribution is 0.662. The summed E-state index contributed by atoms with van der Waals surface area (Å²) in [4.78, 5) is 0. The second-order valence-corrected chi connectivity index (χ2v) is 3.51. The summed E-state index contributed by atoms with van der Waals surface area (Å²) in [6.07, 6.45) is 13.5. The molecule has 70 valence electrons. The maximum Gasteiger partial charge on any atom is -0.0201 e. The smallest absolute Gasteiger partial charge is 0.0201 e. The van der Waals surface area contributed by atoms with E-state index >= 15 is 0 Å². The molecule has 13 heavy (non-hydrogen) atoms. The van der Waals surface area contributed by atoms with Crippen molar-refractivity contribution in [3.05, 3.63) is 41.2 Å². The van der Waals surface area contributed by atoms with Crippen molar-refractivity contribution in [2.24, 2.45) is 0 Å². The van der Waals surface area contributed by atoms with Gasteiger partial charge >= 0.3 is 0 Å². The maximum atomic E-state index is 3.12. The molecule has 0 nitrogen and oxygen atoms in total. The monoisotopic (exact) mass is 174 g/mol. The third kappa shape index (κ3) is 3.96. The van der Waals surface area contributed by atoms with Gasteiger partial charge in [-0.2, -0.15) is 0 Å². The fraction of sp³-hybridized carbons (Fsp3) is 0.462. The molecule has 0 amide bonds. The van der Waals surface area contributed by atoms with Crippen LogP contribution < -0.4 is 0 Å². The molecule has 1 fully saturated rings. The van der Waals surface area contributed by atoms with Crippen LogP contribution in [0.3, 0.4) is 0 Å². The van der Waals surface area contributed by atoms with Crippen molar-refractivity contribution in [1.82, 2.24) is 0 Å². The first kappa shape index (κ1) is 10.1. The third-order valence-corrected chi connectivity index (χ3v) is 2.19. The van der Waals surface area contributed by atoms with Gasteiger partial charge < -0.3 is 0 Å². The van der Waals surface area contributed by atoms with E-state index in [9.17, 15) is 0 Å². The van der Waals surface area contributed by atoms with E-state index in [4.69, 9.17) is 0 Å². The van der Waals surface area contributed by atoms with E-state index < -0.39 is 0 Å². The fourth-order valence-corrected chi connectivity index (χ4v) is 1.26.